The van der Waals surface area contributed by atoms with Crippen LogP contribution in [0.5, 0.6) is 17.2 Å². The lowest BCUT2D eigenvalue weighted by Crippen LogP contribution is -2.30. The highest BCUT2D eigenvalue weighted by Crippen LogP contribution is 2.28. The van der Waals surface area contributed by atoms with Gasteiger partial charge in [0, 0.05) is 0 Å². The van der Waals surface area contributed by atoms with Crippen LogP contribution in [0.4, 0.5) is 4.39 Å². The van der Waals surface area contributed by atoms with Gasteiger partial charge in [-0.05, 0) is 86.6 Å². The molecule has 0 unspecified atom stereocenters. The predicted octanol–water partition coefficient (Wildman–Crippen LogP) is 5.92. The summed E-state index contributed by atoms with van der Waals surface area (Å²) in [6, 6.07) is 13.6. The number of rotatable bonds is 11. The van der Waals surface area contributed by atoms with Crippen LogP contribution in [0.3, 0.4) is 0 Å². The van der Waals surface area contributed by atoms with E-state index >= 15 is 0 Å². The third kappa shape index (κ3) is 7.75. The summed E-state index contributed by atoms with van der Waals surface area (Å²) in [5.74, 6) is 0.973. The molecular formula is C27H33FO6. The Hall–Kier alpha value is -3.09. The number of carbonyl (C=O) groups excluding carboxylic acids is 2. The molecule has 1 atom stereocenters. The first-order valence-corrected chi connectivity index (χ1v) is 11.9. The molecule has 2 aromatic carbocycles. The summed E-state index contributed by atoms with van der Waals surface area (Å²) < 4.78 is 35.5. The van der Waals surface area contributed by atoms with Crippen LogP contribution in [0.2, 0.25) is 0 Å². The number of ether oxygens (including phenoxy) is 4. The van der Waals surface area contributed by atoms with Crippen molar-refractivity contribution in [1.82, 2.24) is 0 Å². The molecule has 0 spiro atoms. The van der Waals surface area contributed by atoms with Crippen molar-refractivity contribution >= 4 is 11.9 Å². The van der Waals surface area contributed by atoms with Crippen molar-refractivity contribution in [3.8, 4) is 17.2 Å². The second-order valence-corrected chi connectivity index (χ2v) is 8.59. The Morgan fingerprint density at radius 1 is 0.941 bits per heavy atom. The summed E-state index contributed by atoms with van der Waals surface area (Å²) in [5, 5.41) is 0. The lowest BCUT2D eigenvalue weighted by atomic mass is 9.88. The fraction of sp³-hybridized carbons (Fsp3) is 0.481. The van der Waals surface area contributed by atoms with Gasteiger partial charge >= 0.3 is 11.9 Å². The van der Waals surface area contributed by atoms with Gasteiger partial charge in [0.05, 0.1) is 19.3 Å². The summed E-state index contributed by atoms with van der Waals surface area (Å²) in [5.41, 5.74) is 0.436. The van der Waals surface area contributed by atoms with Crippen molar-refractivity contribution < 1.29 is 32.9 Å². The molecule has 0 radical (unpaired) electrons. The maximum Gasteiger partial charge on any atom is 0.343 e. The number of hydrogen-bond acceptors (Lipinski definition) is 6. The standard InChI is InChI=1S/C27H33FO6/c1-3-4-5-25(28)27(30)34-23-10-6-19(7-11-23)18-32-22-14-16-24(17-15-22)33-26(29)20-8-12-21(31-2)13-9-20/h8-9,12-17,19,23,25H,3-7,10-11,18H2,1-2H3/t19-,23-,25-/m0/s1. The number of methoxy groups -OCH3 is 1. The fourth-order valence-corrected chi connectivity index (χ4v) is 3.87. The molecule has 184 valence electrons. The Morgan fingerprint density at radius 2 is 1.56 bits per heavy atom. The summed E-state index contributed by atoms with van der Waals surface area (Å²) in [7, 11) is 1.57. The molecule has 1 aliphatic rings. The van der Waals surface area contributed by atoms with Crippen molar-refractivity contribution in [1.29, 1.82) is 0 Å². The number of carbonyl (C=O) groups is 2. The SMILES string of the molecule is CCCC[C@H](F)C(=O)O[C@H]1CC[C@H](COc2ccc(OC(=O)c3ccc(OC)cc3)cc2)CC1. The predicted molar refractivity (Wildman–Crippen MR) is 126 cm³/mol. The quantitative estimate of drug-likeness (QED) is 0.298. The normalized spacial score (nSPS) is 18.6. The van der Waals surface area contributed by atoms with Gasteiger partial charge in [0.2, 0.25) is 0 Å². The highest BCUT2D eigenvalue weighted by molar-refractivity contribution is 5.91. The molecular weight excluding hydrogens is 439 g/mol. The molecule has 1 fully saturated rings. The number of unbranched alkanes of at least 4 members (excludes halogenated alkanes) is 1. The molecule has 2 aromatic rings. The minimum absolute atomic E-state index is 0.205. The molecule has 1 saturated carbocycles. The molecule has 0 bridgehead atoms. The van der Waals surface area contributed by atoms with Crippen LogP contribution in [-0.4, -0.2) is 37.9 Å². The van der Waals surface area contributed by atoms with E-state index in [1.165, 1.54) is 0 Å². The Kier molecular flexibility index (Phi) is 9.74. The first kappa shape index (κ1) is 25.5. The lowest BCUT2D eigenvalue weighted by Gasteiger charge is -2.28. The molecule has 0 N–H and O–H groups in total. The molecule has 0 aliphatic heterocycles. The Labute approximate surface area is 200 Å². The van der Waals surface area contributed by atoms with Gasteiger partial charge in [-0.3, -0.25) is 0 Å². The van der Waals surface area contributed by atoms with Crippen molar-refractivity contribution in [2.75, 3.05) is 13.7 Å². The van der Waals surface area contributed by atoms with Gasteiger partial charge in [-0.2, -0.15) is 0 Å². The first-order valence-electron chi connectivity index (χ1n) is 11.9. The molecule has 0 heterocycles. The topological polar surface area (TPSA) is 71.1 Å². The minimum Gasteiger partial charge on any atom is -0.497 e. The van der Waals surface area contributed by atoms with Gasteiger partial charge in [-0.1, -0.05) is 19.8 Å². The van der Waals surface area contributed by atoms with E-state index in [0.717, 1.165) is 32.1 Å². The number of halogens is 1. The van der Waals surface area contributed by atoms with Gasteiger partial charge in [-0.25, -0.2) is 14.0 Å². The summed E-state index contributed by atoms with van der Waals surface area (Å²) >= 11 is 0. The van der Waals surface area contributed by atoms with Crippen LogP contribution < -0.4 is 14.2 Å². The Bertz CT molecular complexity index is 904. The zero-order valence-electron chi connectivity index (χ0n) is 19.8. The van der Waals surface area contributed by atoms with E-state index in [0.29, 0.717) is 41.8 Å². The molecule has 7 heteroatoms. The van der Waals surface area contributed by atoms with Crippen molar-refractivity contribution in [2.24, 2.45) is 5.92 Å². The second kappa shape index (κ2) is 13.0. The van der Waals surface area contributed by atoms with E-state index in [4.69, 9.17) is 18.9 Å². The third-order valence-corrected chi connectivity index (χ3v) is 5.99. The average Bonchev–Trinajstić information content (AvgIpc) is 2.87. The monoisotopic (exact) mass is 472 g/mol. The van der Waals surface area contributed by atoms with E-state index in [-0.39, 0.29) is 12.5 Å². The number of benzene rings is 2. The van der Waals surface area contributed by atoms with Gasteiger partial charge in [-0.15, -0.1) is 0 Å². The summed E-state index contributed by atoms with van der Waals surface area (Å²) in [6.45, 7) is 2.52. The maximum atomic E-state index is 13.8. The van der Waals surface area contributed by atoms with Crippen LogP contribution in [0, 0.1) is 5.92 Å². The summed E-state index contributed by atoms with van der Waals surface area (Å²) in [4.78, 5) is 24.1. The number of esters is 2. The second-order valence-electron chi connectivity index (χ2n) is 8.59. The third-order valence-electron chi connectivity index (χ3n) is 5.99. The highest BCUT2D eigenvalue weighted by atomic mass is 19.1. The maximum absolute atomic E-state index is 13.8. The molecule has 34 heavy (non-hydrogen) atoms. The lowest BCUT2D eigenvalue weighted by molar-refractivity contribution is -0.157. The fourth-order valence-electron chi connectivity index (χ4n) is 3.87. The molecule has 3 rings (SSSR count). The molecule has 0 saturated heterocycles. The number of alkyl halides is 1. The largest absolute Gasteiger partial charge is 0.497 e. The first-order chi connectivity index (χ1) is 16.5. The number of hydrogen-bond donors (Lipinski definition) is 0. The van der Waals surface area contributed by atoms with E-state index in [1.54, 1.807) is 55.6 Å². The molecule has 0 aromatic heterocycles. The van der Waals surface area contributed by atoms with Crippen LogP contribution in [0.15, 0.2) is 48.5 Å². The van der Waals surface area contributed by atoms with Crippen LogP contribution in [0.1, 0.15) is 62.2 Å². The van der Waals surface area contributed by atoms with E-state index < -0.39 is 18.1 Å². The average molecular weight is 473 g/mol. The van der Waals surface area contributed by atoms with Gasteiger partial charge in [0.25, 0.3) is 0 Å². The molecule has 0 amide bonds. The van der Waals surface area contributed by atoms with E-state index in [9.17, 15) is 14.0 Å². The summed E-state index contributed by atoms with van der Waals surface area (Å²) in [6.07, 6.45) is 3.23. The van der Waals surface area contributed by atoms with Crippen LogP contribution >= 0.6 is 0 Å². The zero-order chi connectivity index (χ0) is 24.3. The van der Waals surface area contributed by atoms with Crippen molar-refractivity contribution in [3.63, 3.8) is 0 Å². The van der Waals surface area contributed by atoms with Crippen molar-refractivity contribution in [2.45, 2.75) is 64.1 Å². The Morgan fingerprint density at radius 3 is 2.18 bits per heavy atom. The van der Waals surface area contributed by atoms with Gasteiger partial charge < -0.3 is 18.9 Å². The minimum atomic E-state index is -1.51. The van der Waals surface area contributed by atoms with E-state index in [2.05, 4.69) is 0 Å². The molecule has 1 aliphatic carbocycles. The zero-order valence-corrected chi connectivity index (χ0v) is 19.8. The van der Waals surface area contributed by atoms with Crippen LogP contribution in [0.25, 0.3) is 0 Å². The Balaban J connectivity index is 1.37. The van der Waals surface area contributed by atoms with Crippen LogP contribution in [-0.2, 0) is 9.53 Å². The van der Waals surface area contributed by atoms with Crippen molar-refractivity contribution in [3.05, 3.63) is 54.1 Å². The highest BCUT2D eigenvalue weighted by Gasteiger charge is 2.27. The smallest absolute Gasteiger partial charge is 0.343 e. The van der Waals surface area contributed by atoms with Gasteiger partial charge in [0.1, 0.15) is 23.4 Å². The van der Waals surface area contributed by atoms with E-state index in [1.807, 2.05) is 6.92 Å². The van der Waals surface area contributed by atoms with Gasteiger partial charge in [0.15, 0.2) is 6.17 Å². The molecule has 6 nitrogen and oxygen atoms in total.